The smallest absolute Gasteiger partial charge is 0.257 e. The van der Waals surface area contributed by atoms with E-state index < -0.39 is 0 Å². The van der Waals surface area contributed by atoms with Crippen LogP contribution in [0.15, 0.2) is 60.8 Å². The Kier molecular flexibility index (Phi) is 6.77. The van der Waals surface area contributed by atoms with Gasteiger partial charge in [0.1, 0.15) is 11.4 Å². The van der Waals surface area contributed by atoms with Crippen molar-refractivity contribution < 1.29 is 14.3 Å². The molecule has 0 spiro atoms. The molecule has 1 aliphatic rings. The van der Waals surface area contributed by atoms with Gasteiger partial charge in [-0.25, -0.2) is 0 Å². The molecular weight excluding hydrogens is 416 g/mol. The number of carbonyl (C=O) groups excluding carboxylic acids is 2. The maximum absolute atomic E-state index is 13.6. The van der Waals surface area contributed by atoms with Gasteiger partial charge in [0.05, 0.1) is 19.2 Å². The summed E-state index contributed by atoms with van der Waals surface area (Å²) in [6.07, 6.45) is 1.83. The van der Waals surface area contributed by atoms with E-state index >= 15 is 0 Å². The predicted octanol–water partition coefficient (Wildman–Crippen LogP) is 3.55. The van der Waals surface area contributed by atoms with Crippen molar-refractivity contribution in [1.82, 2.24) is 19.6 Å². The molecule has 2 aromatic carbocycles. The minimum Gasteiger partial charge on any atom is -0.497 e. The van der Waals surface area contributed by atoms with Crippen molar-refractivity contribution >= 4 is 11.8 Å². The van der Waals surface area contributed by atoms with Gasteiger partial charge in [-0.05, 0) is 17.7 Å². The summed E-state index contributed by atoms with van der Waals surface area (Å²) in [4.78, 5) is 29.5. The Morgan fingerprint density at radius 1 is 0.970 bits per heavy atom. The Morgan fingerprint density at radius 2 is 1.67 bits per heavy atom. The molecule has 0 N–H and O–H groups in total. The first kappa shape index (κ1) is 22.6. The monoisotopic (exact) mass is 446 g/mol. The summed E-state index contributed by atoms with van der Waals surface area (Å²) in [5.74, 6) is 0.742. The van der Waals surface area contributed by atoms with Crippen LogP contribution in [0.3, 0.4) is 0 Å². The molecule has 7 heteroatoms. The number of rotatable bonds is 6. The van der Waals surface area contributed by atoms with Crippen LogP contribution in [0.1, 0.15) is 29.8 Å². The van der Waals surface area contributed by atoms with Crippen molar-refractivity contribution in [1.29, 1.82) is 0 Å². The Morgan fingerprint density at radius 3 is 2.33 bits per heavy atom. The van der Waals surface area contributed by atoms with Crippen molar-refractivity contribution in [2.45, 2.75) is 20.4 Å². The van der Waals surface area contributed by atoms with E-state index in [1.165, 1.54) is 0 Å². The summed E-state index contributed by atoms with van der Waals surface area (Å²) in [5.41, 5.74) is 3.13. The van der Waals surface area contributed by atoms with Crippen LogP contribution >= 0.6 is 0 Å². The van der Waals surface area contributed by atoms with E-state index in [4.69, 9.17) is 9.84 Å². The lowest BCUT2D eigenvalue weighted by molar-refractivity contribution is -0.135. The number of piperazine rings is 1. The van der Waals surface area contributed by atoms with Gasteiger partial charge >= 0.3 is 0 Å². The molecule has 172 valence electrons. The number of methoxy groups -OCH3 is 1. The van der Waals surface area contributed by atoms with Gasteiger partial charge < -0.3 is 14.5 Å². The molecule has 1 fully saturated rings. The van der Waals surface area contributed by atoms with Crippen LogP contribution in [-0.4, -0.2) is 64.7 Å². The van der Waals surface area contributed by atoms with E-state index in [0.29, 0.717) is 49.7 Å². The van der Waals surface area contributed by atoms with Crippen LogP contribution in [0, 0.1) is 5.92 Å². The third-order valence-corrected chi connectivity index (χ3v) is 5.90. The molecular formula is C26H30N4O3. The highest BCUT2D eigenvalue weighted by atomic mass is 16.5. The first-order valence-electron chi connectivity index (χ1n) is 11.3. The van der Waals surface area contributed by atoms with E-state index in [1.807, 2.05) is 89.1 Å². The number of nitrogens with zero attached hydrogens (tertiary/aromatic N) is 4. The third kappa shape index (κ3) is 5.08. The molecule has 33 heavy (non-hydrogen) atoms. The van der Waals surface area contributed by atoms with E-state index in [0.717, 1.165) is 11.1 Å². The SMILES string of the molecule is COc1cccc(-c2nn(Cc3ccccc3)cc2C(=O)N2CCN(C(=O)C(C)C)CC2)c1. The Hall–Kier alpha value is -3.61. The Balaban J connectivity index is 1.61. The minimum absolute atomic E-state index is 0.0388. The van der Waals surface area contributed by atoms with E-state index in [2.05, 4.69) is 0 Å². The third-order valence-electron chi connectivity index (χ3n) is 5.90. The molecule has 0 bridgehead atoms. The Labute approximate surface area is 194 Å². The van der Waals surface area contributed by atoms with Gasteiger partial charge in [0.2, 0.25) is 5.91 Å². The normalized spacial score (nSPS) is 13.9. The van der Waals surface area contributed by atoms with E-state index in [1.54, 1.807) is 7.11 Å². The van der Waals surface area contributed by atoms with Crippen molar-refractivity contribution in [3.05, 3.63) is 71.9 Å². The van der Waals surface area contributed by atoms with Crippen LogP contribution in [0.4, 0.5) is 0 Å². The second kappa shape index (κ2) is 9.90. The average molecular weight is 447 g/mol. The molecule has 3 aromatic rings. The first-order chi connectivity index (χ1) is 16.0. The largest absolute Gasteiger partial charge is 0.497 e. The number of benzene rings is 2. The highest BCUT2D eigenvalue weighted by Gasteiger charge is 2.28. The summed E-state index contributed by atoms with van der Waals surface area (Å²) in [6.45, 7) is 6.51. The van der Waals surface area contributed by atoms with E-state index in [-0.39, 0.29) is 17.7 Å². The topological polar surface area (TPSA) is 67.7 Å². The number of carbonyl (C=O) groups is 2. The van der Waals surface area contributed by atoms with Crippen LogP contribution in [0.25, 0.3) is 11.3 Å². The van der Waals surface area contributed by atoms with Crippen molar-refractivity contribution in [2.24, 2.45) is 5.92 Å². The maximum atomic E-state index is 13.6. The molecule has 0 aliphatic carbocycles. The fraction of sp³-hybridized carbons (Fsp3) is 0.346. The van der Waals surface area contributed by atoms with Gasteiger partial charge in [-0.3, -0.25) is 14.3 Å². The molecule has 4 rings (SSSR count). The highest BCUT2D eigenvalue weighted by Crippen LogP contribution is 2.27. The zero-order valence-corrected chi connectivity index (χ0v) is 19.4. The van der Waals surface area contributed by atoms with Crippen LogP contribution in [-0.2, 0) is 11.3 Å². The minimum atomic E-state index is -0.0659. The lowest BCUT2D eigenvalue weighted by Gasteiger charge is -2.35. The predicted molar refractivity (Wildman–Crippen MR) is 127 cm³/mol. The molecule has 0 radical (unpaired) electrons. The second-order valence-corrected chi connectivity index (χ2v) is 8.58. The summed E-state index contributed by atoms with van der Waals surface area (Å²) < 4.78 is 7.20. The van der Waals surface area contributed by atoms with Gasteiger partial charge in [-0.1, -0.05) is 56.3 Å². The standard InChI is InChI=1S/C26H30N4O3/c1-19(2)25(31)28-12-14-29(15-13-28)26(32)23-18-30(17-20-8-5-4-6-9-20)27-24(23)21-10-7-11-22(16-21)33-3/h4-11,16,18-19H,12-15,17H2,1-3H3. The van der Waals surface area contributed by atoms with Crippen molar-refractivity contribution in [3.8, 4) is 17.0 Å². The molecule has 1 aromatic heterocycles. The van der Waals surface area contributed by atoms with Gasteiger partial charge in [0, 0.05) is 43.9 Å². The van der Waals surface area contributed by atoms with Gasteiger partial charge in [-0.15, -0.1) is 0 Å². The average Bonchev–Trinajstić information content (AvgIpc) is 3.27. The summed E-state index contributed by atoms with van der Waals surface area (Å²) in [6, 6.07) is 17.6. The molecule has 2 amide bonds. The van der Waals surface area contributed by atoms with Crippen molar-refractivity contribution in [2.75, 3.05) is 33.3 Å². The van der Waals surface area contributed by atoms with Gasteiger partial charge in [0.25, 0.3) is 5.91 Å². The number of hydrogen-bond donors (Lipinski definition) is 0. The lowest BCUT2D eigenvalue weighted by Crippen LogP contribution is -2.51. The number of ether oxygens (including phenoxy) is 1. The molecule has 0 unspecified atom stereocenters. The number of amides is 2. The fourth-order valence-electron chi connectivity index (χ4n) is 4.08. The summed E-state index contributed by atoms with van der Waals surface area (Å²) in [7, 11) is 1.62. The molecule has 2 heterocycles. The lowest BCUT2D eigenvalue weighted by atomic mass is 10.1. The molecule has 1 saturated heterocycles. The zero-order valence-electron chi connectivity index (χ0n) is 19.4. The first-order valence-corrected chi connectivity index (χ1v) is 11.3. The van der Waals surface area contributed by atoms with E-state index in [9.17, 15) is 9.59 Å². The quantitative estimate of drug-likeness (QED) is 0.581. The number of aromatic nitrogens is 2. The molecule has 0 saturated carbocycles. The van der Waals surface area contributed by atoms with Crippen LogP contribution in [0.2, 0.25) is 0 Å². The summed E-state index contributed by atoms with van der Waals surface area (Å²) >= 11 is 0. The number of hydrogen-bond acceptors (Lipinski definition) is 4. The zero-order chi connectivity index (χ0) is 23.4. The molecule has 1 aliphatic heterocycles. The molecule has 7 nitrogen and oxygen atoms in total. The van der Waals surface area contributed by atoms with Gasteiger partial charge in [-0.2, -0.15) is 5.10 Å². The Bertz CT molecular complexity index is 1120. The van der Waals surface area contributed by atoms with Crippen molar-refractivity contribution in [3.63, 3.8) is 0 Å². The molecule has 0 atom stereocenters. The van der Waals surface area contributed by atoms with Gasteiger partial charge in [0.15, 0.2) is 0 Å². The highest BCUT2D eigenvalue weighted by molar-refractivity contribution is 6.00. The van der Waals surface area contributed by atoms with Crippen LogP contribution < -0.4 is 4.74 Å². The maximum Gasteiger partial charge on any atom is 0.257 e. The second-order valence-electron chi connectivity index (χ2n) is 8.58. The van der Waals surface area contributed by atoms with Crippen LogP contribution in [0.5, 0.6) is 5.75 Å². The summed E-state index contributed by atoms with van der Waals surface area (Å²) in [5, 5.41) is 4.78. The fourth-order valence-corrected chi connectivity index (χ4v) is 4.08.